The quantitative estimate of drug-likeness (QED) is 0.840. The monoisotopic (exact) mass is 249 g/mol. The summed E-state index contributed by atoms with van der Waals surface area (Å²) in [6, 6.07) is 11.9. The van der Waals surface area contributed by atoms with E-state index in [9.17, 15) is 14.0 Å². The fraction of sp³-hybridized carbons (Fsp3) is 0.143. The predicted octanol–water partition coefficient (Wildman–Crippen LogP) is 3.36. The Kier molecular flexibility index (Phi) is 4.02. The van der Waals surface area contributed by atoms with Crippen LogP contribution in [0, 0.1) is 11.6 Å². The van der Waals surface area contributed by atoms with Gasteiger partial charge < -0.3 is 5.21 Å². The zero-order valence-corrected chi connectivity index (χ0v) is 9.68. The van der Waals surface area contributed by atoms with Crippen LogP contribution < -0.4 is 0 Å². The first kappa shape index (κ1) is 12.7. The van der Waals surface area contributed by atoms with Crippen LogP contribution in [0.5, 0.6) is 0 Å². The third-order valence-electron chi connectivity index (χ3n) is 2.56. The summed E-state index contributed by atoms with van der Waals surface area (Å²) in [7, 11) is 0. The molecule has 0 aromatic heterocycles. The highest BCUT2D eigenvalue weighted by atomic mass is 19.1. The van der Waals surface area contributed by atoms with Gasteiger partial charge in [0.1, 0.15) is 11.6 Å². The Morgan fingerprint density at radius 3 is 1.39 bits per heavy atom. The second kappa shape index (κ2) is 5.71. The van der Waals surface area contributed by atoms with E-state index in [-0.39, 0.29) is 24.7 Å². The van der Waals surface area contributed by atoms with Crippen LogP contribution in [0.3, 0.4) is 0 Å². The van der Waals surface area contributed by atoms with E-state index < -0.39 is 0 Å². The van der Waals surface area contributed by atoms with Crippen molar-refractivity contribution in [2.75, 3.05) is 0 Å². The van der Waals surface area contributed by atoms with Crippen molar-refractivity contribution >= 4 is 0 Å². The Morgan fingerprint density at radius 2 is 1.06 bits per heavy atom. The largest absolute Gasteiger partial charge is 0.313 e. The van der Waals surface area contributed by atoms with Crippen LogP contribution in [-0.2, 0) is 13.1 Å². The van der Waals surface area contributed by atoms with E-state index in [0.29, 0.717) is 0 Å². The van der Waals surface area contributed by atoms with Crippen molar-refractivity contribution in [3.05, 3.63) is 71.3 Å². The van der Waals surface area contributed by atoms with E-state index >= 15 is 0 Å². The third kappa shape index (κ3) is 3.61. The highest BCUT2D eigenvalue weighted by molar-refractivity contribution is 5.17. The maximum Gasteiger partial charge on any atom is 0.123 e. The second-order valence-electron chi connectivity index (χ2n) is 4.08. The average molecular weight is 249 g/mol. The molecule has 0 aliphatic heterocycles. The third-order valence-corrected chi connectivity index (χ3v) is 2.56. The molecule has 0 atom stereocenters. The molecule has 0 spiro atoms. The lowest BCUT2D eigenvalue weighted by Crippen LogP contribution is -2.18. The highest BCUT2D eigenvalue weighted by Gasteiger charge is 2.04. The zero-order valence-electron chi connectivity index (χ0n) is 9.68. The Morgan fingerprint density at radius 1 is 0.722 bits per heavy atom. The van der Waals surface area contributed by atoms with Gasteiger partial charge in [0.25, 0.3) is 0 Å². The molecule has 0 unspecified atom stereocenters. The van der Waals surface area contributed by atoms with Gasteiger partial charge in [-0.3, -0.25) is 0 Å². The zero-order chi connectivity index (χ0) is 13.0. The molecule has 0 bridgehead atoms. The average Bonchev–Trinajstić information content (AvgIpc) is 2.35. The van der Waals surface area contributed by atoms with Gasteiger partial charge in [-0.25, -0.2) is 8.78 Å². The summed E-state index contributed by atoms with van der Waals surface area (Å²) < 4.78 is 25.4. The molecule has 0 heterocycles. The lowest BCUT2D eigenvalue weighted by molar-refractivity contribution is -0.108. The highest BCUT2D eigenvalue weighted by Crippen LogP contribution is 2.09. The van der Waals surface area contributed by atoms with E-state index in [1.165, 1.54) is 24.3 Å². The van der Waals surface area contributed by atoms with Crippen LogP contribution in [0.1, 0.15) is 11.1 Å². The van der Waals surface area contributed by atoms with Gasteiger partial charge in [0, 0.05) is 13.1 Å². The number of halogens is 2. The molecule has 2 rings (SSSR count). The maximum atomic E-state index is 12.7. The first-order valence-corrected chi connectivity index (χ1v) is 5.56. The molecule has 0 aliphatic carbocycles. The molecule has 0 fully saturated rings. The molecule has 0 aliphatic rings. The molecular weight excluding hydrogens is 236 g/mol. The molecule has 0 amide bonds. The summed E-state index contributed by atoms with van der Waals surface area (Å²) in [5, 5.41) is 10.8. The molecule has 0 saturated heterocycles. The molecule has 94 valence electrons. The predicted molar refractivity (Wildman–Crippen MR) is 63.8 cm³/mol. The summed E-state index contributed by atoms with van der Waals surface area (Å²) >= 11 is 0. The van der Waals surface area contributed by atoms with Gasteiger partial charge in [0.15, 0.2) is 0 Å². The molecule has 2 aromatic carbocycles. The topological polar surface area (TPSA) is 23.5 Å². The van der Waals surface area contributed by atoms with Gasteiger partial charge in [-0.15, -0.1) is 0 Å². The van der Waals surface area contributed by atoms with Gasteiger partial charge in [0.2, 0.25) is 0 Å². The van der Waals surface area contributed by atoms with Crippen LogP contribution in [0.15, 0.2) is 48.5 Å². The molecular formula is C14H13F2NO. The Bertz CT molecular complexity index is 449. The number of rotatable bonds is 4. The van der Waals surface area contributed by atoms with Crippen LogP contribution in [0.25, 0.3) is 0 Å². The van der Waals surface area contributed by atoms with Crippen LogP contribution in [0.4, 0.5) is 8.78 Å². The van der Waals surface area contributed by atoms with E-state index in [0.717, 1.165) is 16.2 Å². The smallest absolute Gasteiger partial charge is 0.123 e. The molecule has 2 nitrogen and oxygen atoms in total. The van der Waals surface area contributed by atoms with Gasteiger partial charge in [-0.05, 0) is 35.4 Å². The number of nitrogens with zero attached hydrogens (tertiary/aromatic N) is 1. The number of benzene rings is 2. The molecule has 2 aromatic rings. The van der Waals surface area contributed by atoms with Crippen molar-refractivity contribution in [1.82, 2.24) is 5.06 Å². The first-order chi connectivity index (χ1) is 8.63. The fourth-order valence-corrected chi connectivity index (χ4v) is 1.66. The van der Waals surface area contributed by atoms with Gasteiger partial charge in [-0.2, -0.15) is 5.06 Å². The Hall–Kier alpha value is -1.78. The Balaban J connectivity index is 1.94. The van der Waals surface area contributed by atoms with Crippen molar-refractivity contribution in [3.8, 4) is 0 Å². The van der Waals surface area contributed by atoms with Crippen molar-refractivity contribution in [2.45, 2.75) is 13.1 Å². The molecule has 18 heavy (non-hydrogen) atoms. The second-order valence-corrected chi connectivity index (χ2v) is 4.08. The minimum absolute atomic E-state index is 0.289. The van der Waals surface area contributed by atoms with Crippen LogP contribution >= 0.6 is 0 Å². The molecule has 1 N–H and O–H groups in total. The van der Waals surface area contributed by atoms with E-state index in [1.807, 2.05) is 0 Å². The summed E-state index contributed by atoms with van der Waals surface area (Å²) in [5.41, 5.74) is 1.61. The molecule has 4 heteroatoms. The van der Waals surface area contributed by atoms with Crippen molar-refractivity contribution in [1.29, 1.82) is 0 Å². The maximum absolute atomic E-state index is 12.7. The minimum Gasteiger partial charge on any atom is -0.313 e. The van der Waals surface area contributed by atoms with Crippen LogP contribution in [-0.4, -0.2) is 10.3 Å². The minimum atomic E-state index is -0.304. The lowest BCUT2D eigenvalue weighted by Gasteiger charge is -2.14. The summed E-state index contributed by atoms with van der Waals surface area (Å²) in [6.07, 6.45) is 0. The van der Waals surface area contributed by atoms with Crippen LogP contribution in [0.2, 0.25) is 0 Å². The number of hydroxylamine groups is 2. The van der Waals surface area contributed by atoms with E-state index in [1.54, 1.807) is 24.3 Å². The van der Waals surface area contributed by atoms with Gasteiger partial charge in [-0.1, -0.05) is 24.3 Å². The van der Waals surface area contributed by atoms with Crippen molar-refractivity contribution in [2.24, 2.45) is 0 Å². The molecule has 0 saturated carbocycles. The van der Waals surface area contributed by atoms with E-state index in [2.05, 4.69) is 0 Å². The van der Waals surface area contributed by atoms with Crippen molar-refractivity contribution in [3.63, 3.8) is 0 Å². The van der Waals surface area contributed by atoms with Crippen molar-refractivity contribution < 1.29 is 14.0 Å². The number of hydrogen-bond acceptors (Lipinski definition) is 2. The van der Waals surface area contributed by atoms with E-state index in [4.69, 9.17) is 0 Å². The normalized spacial score (nSPS) is 10.9. The van der Waals surface area contributed by atoms with Gasteiger partial charge >= 0.3 is 0 Å². The summed E-state index contributed by atoms with van der Waals surface area (Å²) in [5.74, 6) is -0.608. The molecule has 0 radical (unpaired) electrons. The van der Waals surface area contributed by atoms with Gasteiger partial charge in [0.05, 0.1) is 0 Å². The lowest BCUT2D eigenvalue weighted by atomic mass is 10.2. The number of hydrogen-bond donors (Lipinski definition) is 1. The Labute approximate surface area is 104 Å². The first-order valence-electron chi connectivity index (χ1n) is 5.56. The fourth-order valence-electron chi connectivity index (χ4n) is 1.66. The standard InChI is InChI=1S/C14H13F2NO/c15-13-5-1-11(2-6-13)9-17(18)10-12-3-7-14(16)8-4-12/h1-8,18H,9-10H2. The SMILES string of the molecule is ON(Cc1ccc(F)cc1)Cc1ccc(F)cc1. The summed E-state index contributed by atoms with van der Waals surface area (Å²) in [4.78, 5) is 0. The summed E-state index contributed by atoms with van der Waals surface area (Å²) in [6.45, 7) is 0.579.